The molecule has 0 bridgehead atoms. The van der Waals surface area contributed by atoms with Crippen molar-refractivity contribution < 1.29 is 19.4 Å². The molecule has 0 spiro atoms. The van der Waals surface area contributed by atoms with E-state index in [0.29, 0.717) is 0 Å². The van der Waals surface area contributed by atoms with Gasteiger partial charge in [-0.15, -0.1) is 0 Å². The minimum Gasteiger partial charge on any atom is -0.444 e. The van der Waals surface area contributed by atoms with Gasteiger partial charge in [0.2, 0.25) is 5.91 Å². The number of allylic oxidation sites excluding steroid dienone is 2. The molecular formula is C15H24N2O4. The van der Waals surface area contributed by atoms with Crippen LogP contribution in [0.3, 0.4) is 0 Å². The van der Waals surface area contributed by atoms with Gasteiger partial charge in [0.15, 0.2) is 0 Å². The fraction of sp³-hybridized carbons (Fsp3) is 0.467. The van der Waals surface area contributed by atoms with Gasteiger partial charge in [-0.3, -0.25) is 4.79 Å². The maximum atomic E-state index is 11.9. The number of alkyl carbamates (subject to hydrolysis) is 1. The highest BCUT2D eigenvalue weighted by Gasteiger charge is 2.23. The third kappa shape index (κ3) is 8.65. The first-order chi connectivity index (χ1) is 9.73. The first-order valence-electron chi connectivity index (χ1n) is 6.55. The number of nitrogens with one attached hydrogen (secondary N) is 2. The Kier molecular flexibility index (Phi) is 8.08. The monoisotopic (exact) mass is 296 g/mol. The number of hydrogen-bond donors (Lipinski definition) is 3. The van der Waals surface area contributed by atoms with Gasteiger partial charge in [-0.1, -0.05) is 31.4 Å². The summed E-state index contributed by atoms with van der Waals surface area (Å²) in [5.41, 5.74) is 0.0795. The van der Waals surface area contributed by atoms with E-state index in [4.69, 9.17) is 4.74 Å². The topological polar surface area (TPSA) is 87.7 Å². The van der Waals surface area contributed by atoms with Crippen LogP contribution >= 0.6 is 0 Å². The standard InChI is InChI=1S/C15H24N2O4/c1-6-8-11(7-2)9-16-13(19)12(10-18)17-14(20)21-15(3,4)5/h6-8,12,18H,1-2,9-10H2,3-5H3,(H,16,19)(H,17,20)/b11-8+. The zero-order valence-corrected chi connectivity index (χ0v) is 12.8. The molecule has 0 saturated carbocycles. The summed E-state index contributed by atoms with van der Waals surface area (Å²) in [6, 6.07) is -1.07. The van der Waals surface area contributed by atoms with Crippen molar-refractivity contribution in [1.82, 2.24) is 10.6 Å². The van der Waals surface area contributed by atoms with E-state index >= 15 is 0 Å². The van der Waals surface area contributed by atoms with Crippen molar-refractivity contribution in [2.75, 3.05) is 13.2 Å². The first-order valence-corrected chi connectivity index (χ1v) is 6.55. The molecule has 1 unspecified atom stereocenters. The van der Waals surface area contributed by atoms with Crippen molar-refractivity contribution in [3.8, 4) is 0 Å². The van der Waals surface area contributed by atoms with Gasteiger partial charge in [-0.2, -0.15) is 0 Å². The minimum atomic E-state index is -1.07. The predicted molar refractivity (Wildman–Crippen MR) is 81.7 cm³/mol. The molecule has 3 N–H and O–H groups in total. The molecule has 6 nitrogen and oxygen atoms in total. The third-order valence-electron chi connectivity index (χ3n) is 2.25. The normalized spacial score (nSPS) is 13.0. The average Bonchev–Trinajstić information content (AvgIpc) is 2.38. The molecule has 0 heterocycles. The Morgan fingerprint density at radius 1 is 1.33 bits per heavy atom. The fourth-order valence-electron chi connectivity index (χ4n) is 1.31. The number of carbonyl (C=O) groups excluding carboxylic acids is 2. The van der Waals surface area contributed by atoms with E-state index in [-0.39, 0.29) is 6.54 Å². The Bertz CT molecular complexity index is 422. The molecule has 0 aromatic rings. The average molecular weight is 296 g/mol. The Balaban J connectivity index is 4.49. The second-order valence-corrected chi connectivity index (χ2v) is 5.28. The van der Waals surface area contributed by atoms with Crippen LogP contribution in [0.1, 0.15) is 20.8 Å². The highest BCUT2D eigenvalue weighted by molar-refractivity contribution is 5.86. The highest BCUT2D eigenvalue weighted by Crippen LogP contribution is 2.06. The highest BCUT2D eigenvalue weighted by atomic mass is 16.6. The maximum absolute atomic E-state index is 11.9. The molecule has 0 aromatic heterocycles. The largest absolute Gasteiger partial charge is 0.444 e. The van der Waals surface area contributed by atoms with Crippen molar-refractivity contribution in [2.45, 2.75) is 32.4 Å². The third-order valence-corrected chi connectivity index (χ3v) is 2.25. The van der Waals surface area contributed by atoms with Gasteiger partial charge >= 0.3 is 6.09 Å². The van der Waals surface area contributed by atoms with Crippen LogP contribution < -0.4 is 10.6 Å². The fourth-order valence-corrected chi connectivity index (χ4v) is 1.31. The maximum Gasteiger partial charge on any atom is 0.408 e. The molecular weight excluding hydrogens is 272 g/mol. The Hall–Kier alpha value is -2.08. The molecule has 0 aliphatic carbocycles. The van der Waals surface area contributed by atoms with Crippen LogP contribution in [0.4, 0.5) is 4.79 Å². The summed E-state index contributed by atoms with van der Waals surface area (Å²) in [7, 11) is 0. The van der Waals surface area contributed by atoms with Gasteiger partial charge in [0, 0.05) is 6.54 Å². The molecule has 0 aliphatic rings. The number of aliphatic hydroxyl groups excluding tert-OH is 1. The lowest BCUT2D eigenvalue weighted by atomic mass is 10.2. The van der Waals surface area contributed by atoms with Crippen molar-refractivity contribution in [1.29, 1.82) is 0 Å². The van der Waals surface area contributed by atoms with E-state index in [1.54, 1.807) is 39.0 Å². The molecule has 0 rings (SSSR count). The molecule has 0 aromatic carbocycles. The smallest absolute Gasteiger partial charge is 0.408 e. The first kappa shape index (κ1) is 18.9. The van der Waals surface area contributed by atoms with Crippen LogP contribution in [-0.4, -0.2) is 41.9 Å². The SMILES string of the molecule is C=C/C=C(\C=C)CNC(=O)C(CO)NC(=O)OC(C)(C)C. The number of hydrogen-bond acceptors (Lipinski definition) is 4. The van der Waals surface area contributed by atoms with Crippen molar-refractivity contribution in [3.63, 3.8) is 0 Å². The summed E-state index contributed by atoms with van der Waals surface area (Å²) in [5.74, 6) is -0.514. The number of rotatable bonds is 7. The lowest BCUT2D eigenvalue weighted by Gasteiger charge is -2.22. The molecule has 1 atom stereocenters. The molecule has 2 amide bonds. The molecule has 0 fully saturated rings. The predicted octanol–water partition coefficient (Wildman–Crippen LogP) is 1.29. The van der Waals surface area contributed by atoms with Crippen LogP contribution in [-0.2, 0) is 9.53 Å². The van der Waals surface area contributed by atoms with Gasteiger partial charge in [-0.05, 0) is 26.3 Å². The summed E-state index contributed by atoms with van der Waals surface area (Å²) >= 11 is 0. The Morgan fingerprint density at radius 3 is 2.38 bits per heavy atom. The molecule has 0 saturated heterocycles. The van der Waals surface area contributed by atoms with E-state index in [0.717, 1.165) is 5.57 Å². The van der Waals surface area contributed by atoms with Crippen LogP contribution in [0.25, 0.3) is 0 Å². The van der Waals surface area contributed by atoms with Crippen LogP contribution in [0.5, 0.6) is 0 Å². The van der Waals surface area contributed by atoms with E-state index in [2.05, 4.69) is 23.8 Å². The van der Waals surface area contributed by atoms with E-state index in [1.165, 1.54) is 0 Å². The zero-order chi connectivity index (χ0) is 16.5. The molecule has 118 valence electrons. The summed E-state index contributed by atoms with van der Waals surface area (Å²) in [5, 5.41) is 14.1. The molecule has 0 radical (unpaired) electrons. The number of ether oxygens (including phenoxy) is 1. The zero-order valence-electron chi connectivity index (χ0n) is 12.8. The summed E-state index contributed by atoms with van der Waals surface area (Å²) in [4.78, 5) is 23.4. The van der Waals surface area contributed by atoms with Crippen molar-refractivity contribution in [3.05, 3.63) is 37.0 Å². The van der Waals surface area contributed by atoms with Gasteiger partial charge in [-0.25, -0.2) is 4.79 Å². The van der Waals surface area contributed by atoms with Crippen molar-refractivity contribution in [2.24, 2.45) is 0 Å². The van der Waals surface area contributed by atoms with Crippen LogP contribution in [0, 0.1) is 0 Å². The Morgan fingerprint density at radius 2 is 1.95 bits per heavy atom. The number of aliphatic hydroxyl groups is 1. The second kappa shape index (κ2) is 8.97. The second-order valence-electron chi connectivity index (χ2n) is 5.28. The van der Waals surface area contributed by atoms with E-state index in [1.807, 2.05) is 0 Å². The lowest BCUT2D eigenvalue weighted by Crippen LogP contribution is -2.50. The lowest BCUT2D eigenvalue weighted by molar-refractivity contribution is -0.123. The number of amides is 2. The quantitative estimate of drug-likeness (QED) is 0.618. The summed E-state index contributed by atoms with van der Waals surface area (Å²) < 4.78 is 5.02. The summed E-state index contributed by atoms with van der Waals surface area (Å²) in [6.45, 7) is 12.0. The van der Waals surface area contributed by atoms with Gasteiger partial charge in [0.25, 0.3) is 0 Å². The van der Waals surface area contributed by atoms with Crippen LogP contribution in [0.15, 0.2) is 37.0 Å². The van der Waals surface area contributed by atoms with Crippen molar-refractivity contribution >= 4 is 12.0 Å². The van der Waals surface area contributed by atoms with E-state index in [9.17, 15) is 14.7 Å². The van der Waals surface area contributed by atoms with Gasteiger partial charge in [0.1, 0.15) is 11.6 Å². The summed E-state index contributed by atoms with van der Waals surface area (Å²) in [6.07, 6.45) is 4.09. The van der Waals surface area contributed by atoms with Gasteiger partial charge < -0.3 is 20.5 Å². The molecule has 0 aliphatic heterocycles. The van der Waals surface area contributed by atoms with Gasteiger partial charge in [0.05, 0.1) is 6.61 Å². The molecule has 21 heavy (non-hydrogen) atoms. The minimum absolute atomic E-state index is 0.223. The number of carbonyl (C=O) groups is 2. The molecule has 6 heteroatoms. The van der Waals surface area contributed by atoms with E-state index < -0.39 is 30.3 Å². The Labute approximate surface area is 125 Å². The van der Waals surface area contributed by atoms with Crippen LogP contribution in [0.2, 0.25) is 0 Å².